The third-order valence-electron chi connectivity index (χ3n) is 2.45. The van der Waals surface area contributed by atoms with Gasteiger partial charge in [0.05, 0.1) is 12.7 Å². The zero-order valence-corrected chi connectivity index (χ0v) is 11.9. The third-order valence-corrected chi connectivity index (χ3v) is 3.19. The van der Waals surface area contributed by atoms with E-state index in [1.165, 1.54) is 13.4 Å². The van der Waals surface area contributed by atoms with E-state index in [0.29, 0.717) is 17.0 Å². The lowest BCUT2D eigenvalue weighted by atomic mass is 10.1. The maximum Gasteiger partial charge on any atom is 0.260 e. The number of carbonyl (C=O) groups is 1. The van der Waals surface area contributed by atoms with Gasteiger partial charge in [0, 0.05) is 11.8 Å². The zero-order valence-electron chi connectivity index (χ0n) is 10.4. The first kappa shape index (κ1) is 14.4. The van der Waals surface area contributed by atoms with E-state index >= 15 is 0 Å². The van der Waals surface area contributed by atoms with Gasteiger partial charge in [0.1, 0.15) is 17.1 Å². The van der Waals surface area contributed by atoms with Crippen molar-refractivity contribution in [3.63, 3.8) is 0 Å². The topological polar surface area (TPSA) is 90.1 Å². The van der Waals surface area contributed by atoms with Crippen LogP contribution in [0.4, 0.5) is 11.5 Å². The van der Waals surface area contributed by atoms with Crippen molar-refractivity contribution in [3.8, 4) is 5.75 Å². The minimum absolute atomic E-state index is 0.0567. The van der Waals surface area contributed by atoms with Crippen LogP contribution in [0.2, 0.25) is 10.2 Å². The van der Waals surface area contributed by atoms with Crippen LogP contribution in [-0.2, 0) is 0 Å². The summed E-state index contributed by atoms with van der Waals surface area (Å²) in [7, 11) is 1.44. The second-order valence-electron chi connectivity index (χ2n) is 3.74. The Hall–Kier alpha value is -2.05. The second-order valence-corrected chi connectivity index (χ2v) is 4.48. The highest BCUT2D eigenvalue weighted by atomic mass is 35.5. The van der Waals surface area contributed by atoms with Crippen LogP contribution in [-0.4, -0.2) is 23.0 Å². The Labute approximate surface area is 124 Å². The molecule has 0 saturated heterocycles. The maximum atomic E-state index is 12.2. The molecule has 1 amide bonds. The van der Waals surface area contributed by atoms with E-state index < -0.39 is 5.91 Å². The number of hydrogen-bond donors (Lipinski definition) is 2. The number of nitrogen functional groups attached to an aromatic ring is 1. The fourth-order valence-corrected chi connectivity index (χ4v) is 1.78. The first-order chi connectivity index (χ1) is 9.52. The van der Waals surface area contributed by atoms with Gasteiger partial charge in [0.2, 0.25) is 0 Å². The number of rotatable bonds is 3. The van der Waals surface area contributed by atoms with Crippen molar-refractivity contribution in [1.82, 2.24) is 9.97 Å². The number of nitrogens with one attached hydrogen (secondary N) is 1. The Kier molecular flexibility index (Phi) is 4.26. The Morgan fingerprint density at radius 1 is 1.35 bits per heavy atom. The molecule has 1 aromatic carbocycles. The van der Waals surface area contributed by atoms with E-state index in [4.69, 9.17) is 33.7 Å². The molecular weight excluding hydrogens is 303 g/mol. The highest BCUT2D eigenvalue weighted by Gasteiger charge is 2.16. The predicted octanol–water partition coefficient (Wildman–Crippen LogP) is 2.63. The standard InChI is InChI=1S/C12H10Cl2N4O2/c1-20-8-4-6(15)2-3-7(8)12(19)18-11-9(13)10(14)16-5-17-11/h2-5H,15H2,1H3,(H,16,17,18,19). The summed E-state index contributed by atoms with van der Waals surface area (Å²) in [5.41, 5.74) is 6.42. The van der Waals surface area contributed by atoms with Crippen LogP contribution >= 0.6 is 23.2 Å². The molecule has 2 rings (SSSR count). The van der Waals surface area contributed by atoms with Gasteiger partial charge in [0.25, 0.3) is 5.91 Å². The van der Waals surface area contributed by atoms with Crippen molar-refractivity contribution in [1.29, 1.82) is 0 Å². The Morgan fingerprint density at radius 2 is 2.10 bits per heavy atom. The number of nitrogens with two attached hydrogens (primary N) is 1. The summed E-state index contributed by atoms with van der Waals surface area (Å²) >= 11 is 11.6. The number of aromatic nitrogens is 2. The number of benzene rings is 1. The lowest BCUT2D eigenvalue weighted by molar-refractivity contribution is 0.102. The van der Waals surface area contributed by atoms with Crippen molar-refractivity contribution < 1.29 is 9.53 Å². The first-order valence-corrected chi connectivity index (χ1v) is 6.19. The normalized spacial score (nSPS) is 10.2. The molecule has 1 aromatic heterocycles. The van der Waals surface area contributed by atoms with Crippen LogP contribution in [0, 0.1) is 0 Å². The molecule has 6 nitrogen and oxygen atoms in total. The van der Waals surface area contributed by atoms with Gasteiger partial charge in [-0.3, -0.25) is 4.79 Å². The van der Waals surface area contributed by atoms with Crippen molar-refractivity contribution in [2.75, 3.05) is 18.2 Å². The van der Waals surface area contributed by atoms with Gasteiger partial charge in [-0.05, 0) is 12.1 Å². The summed E-state index contributed by atoms with van der Waals surface area (Å²) in [5, 5.41) is 2.66. The molecule has 2 aromatic rings. The number of methoxy groups -OCH3 is 1. The highest BCUT2D eigenvalue weighted by molar-refractivity contribution is 6.43. The number of carbonyl (C=O) groups excluding carboxylic acids is 1. The number of nitrogens with zero attached hydrogens (tertiary/aromatic N) is 2. The zero-order chi connectivity index (χ0) is 14.7. The molecular formula is C12H10Cl2N4O2. The number of anilines is 2. The average Bonchev–Trinajstić information content (AvgIpc) is 2.43. The number of halogens is 2. The van der Waals surface area contributed by atoms with Crippen LogP contribution < -0.4 is 15.8 Å². The molecule has 0 saturated carbocycles. The maximum absolute atomic E-state index is 12.2. The van der Waals surface area contributed by atoms with Gasteiger partial charge in [-0.15, -0.1) is 0 Å². The quantitative estimate of drug-likeness (QED) is 0.671. The lowest BCUT2D eigenvalue weighted by Gasteiger charge is -2.10. The summed E-state index contributed by atoms with van der Waals surface area (Å²) < 4.78 is 5.11. The summed E-state index contributed by atoms with van der Waals surface area (Å²) in [5.74, 6) is 0.0211. The molecule has 0 aliphatic rings. The van der Waals surface area contributed by atoms with Gasteiger partial charge in [-0.1, -0.05) is 23.2 Å². The molecule has 1 heterocycles. The van der Waals surface area contributed by atoms with Crippen LogP contribution in [0.5, 0.6) is 5.75 Å². The van der Waals surface area contributed by atoms with Crippen LogP contribution in [0.25, 0.3) is 0 Å². The van der Waals surface area contributed by atoms with Gasteiger partial charge in [-0.2, -0.15) is 0 Å². The molecule has 0 aliphatic carbocycles. The predicted molar refractivity (Wildman–Crippen MR) is 77.4 cm³/mol. The van der Waals surface area contributed by atoms with Crippen molar-refractivity contribution in [2.45, 2.75) is 0 Å². The van der Waals surface area contributed by atoms with E-state index in [1.807, 2.05) is 0 Å². The summed E-state index contributed by atoms with van der Waals surface area (Å²) in [4.78, 5) is 19.7. The number of hydrogen-bond acceptors (Lipinski definition) is 5. The first-order valence-electron chi connectivity index (χ1n) is 5.43. The van der Waals surface area contributed by atoms with Gasteiger partial charge in [0.15, 0.2) is 11.0 Å². The molecule has 104 valence electrons. The number of ether oxygens (including phenoxy) is 1. The Balaban J connectivity index is 2.31. The Morgan fingerprint density at radius 3 is 2.80 bits per heavy atom. The van der Waals surface area contributed by atoms with E-state index in [9.17, 15) is 4.79 Å². The van der Waals surface area contributed by atoms with E-state index in [0.717, 1.165) is 0 Å². The Bertz CT molecular complexity index is 664. The molecule has 3 N–H and O–H groups in total. The molecule has 0 fully saturated rings. The van der Waals surface area contributed by atoms with Crippen molar-refractivity contribution in [2.24, 2.45) is 0 Å². The average molecular weight is 313 g/mol. The second kappa shape index (κ2) is 5.94. The molecule has 0 atom stereocenters. The van der Waals surface area contributed by atoms with E-state index in [1.54, 1.807) is 18.2 Å². The molecule has 0 radical (unpaired) electrons. The minimum Gasteiger partial charge on any atom is -0.496 e. The van der Waals surface area contributed by atoms with Crippen molar-refractivity contribution in [3.05, 3.63) is 40.3 Å². The van der Waals surface area contributed by atoms with Gasteiger partial charge in [-0.25, -0.2) is 9.97 Å². The molecule has 0 unspecified atom stereocenters. The smallest absolute Gasteiger partial charge is 0.260 e. The third kappa shape index (κ3) is 2.92. The van der Waals surface area contributed by atoms with E-state index in [-0.39, 0.29) is 16.0 Å². The minimum atomic E-state index is -0.446. The molecule has 0 bridgehead atoms. The monoisotopic (exact) mass is 312 g/mol. The largest absolute Gasteiger partial charge is 0.496 e. The van der Waals surface area contributed by atoms with Crippen LogP contribution in [0.1, 0.15) is 10.4 Å². The molecule has 0 aliphatic heterocycles. The molecule has 20 heavy (non-hydrogen) atoms. The number of amides is 1. The summed E-state index contributed by atoms with van der Waals surface area (Å²) in [6.07, 6.45) is 1.20. The summed E-state index contributed by atoms with van der Waals surface area (Å²) in [6.45, 7) is 0. The SMILES string of the molecule is COc1cc(N)ccc1C(=O)Nc1ncnc(Cl)c1Cl. The summed E-state index contributed by atoms with van der Waals surface area (Å²) in [6, 6.07) is 4.68. The van der Waals surface area contributed by atoms with E-state index in [2.05, 4.69) is 15.3 Å². The highest BCUT2D eigenvalue weighted by Crippen LogP contribution is 2.27. The van der Waals surface area contributed by atoms with Crippen molar-refractivity contribution >= 4 is 40.6 Å². The molecule has 8 heteroatoms. The fraction of sp³-hybridized carbons (Fsp3) is 0.0833. The fourth-order valence-electron chi connectivity index (χ4n) is 1.51. The van der Waals surface area contributed by atoms with Crippen LogP contribution in [0.15, 0.2) is 24.5 Å². The lowest BCUT2D eigenvalue weighted by Crippen LogP contribution is -2.15. The molecule has 0 spiro atoms. The van der Waals surface area contributed by atoms with Crippen LogP contribution in [0.3, 0.4) is 0 Å². The van der Waals surface area contributed by atoms with Gasteiger partial charge < -0.3 is 15.8 Å². The van der Waals surface area contributed by atoms with Gasteiger partial charge >= 0.3 is 0 Å².